The zero-order chi connectivity index (χ0) is 20.8. The molecular weight excluding hydrogens is 366 g/mol. The molecule has 6 nitrogen and oxygen atoms in total. The molecule has 0 radical (unpaired) electrons. The summed E-state index contributed by atoms with van der Waals surface area (Å²) in [5.74, 6) is 0.931. The van der Waals surface area contributed by atoms with Crippen molar-refractivity contribution in [3.8, 4) is 5.75 Å². The third-order valence-electron chi connectivity index (χ3n) is 5.51. The van der Waals surface area contributed by atoms with Crippen LogP contribution >= 0.6 is 0 Å². The largest absolute Gasteiger partial charge is 0.497 e. The van der Waals surface area contributed by atoms with E-state index in [4.69, 9.17) is 4.74 Å². The Kier molecular flexibility index (Phi) is 6.75. The standard InChI is InChI=1S/C23H29N3O3/c1-16(17-9-11-21(29-3)12-10-17)25-22(27)19-7-4-6-18(14-19)20-8-5-13-26(15-20)23(28)24-2/h4,6-7,9-12,14,16,20H,5,8,13,15H2,1-3H3,(H,24,28)(H,25,27). The van der Waals surface area contributed by atoms with E-state index in [-0.39, 0.29) is 23.9 Å². The lowest BCUT2D eigenvalue weighted by atomic mass is 9.89. The van der Waals surface area contributed by atoms with Crippen LogP contribution < -0.4 is 15.4 Å². The highest BCUT2D eigenvalue weighted by Crippen LogP contribution is 2.27. The number of urea groups is 1. The molecule has 0 aromatic heterocycles. The first kappa shape index (κ1) is 20.7. The Bertz CT molecular complexity index is 851. The van der Waals surface area contributed by atoms with Crippen molar-refractivity contribution < 1.29 is 14.3 Å². The molecule has 2 unspecified atom stereocenters. The summed E-state index contributed by atoms with van der Waals surface area (Å²) >= 11 is 0. The number of benzene rings is 2. The van der Waals surface area contributed by atoms with E-state index in [1.54, 1.807) is 14.2 Å². The molecule has 1 heterocycles. The van der Waals surface area contributed by atoms with Gasteiger partial charge in [-0.3, -0.25) is 4.79 Å². The van der Waals surface area contributed by atoms with Gasteiger partial charge < -0.3 is 20.3 Å². The van der Waals surface area contributed by atoms with Gasteiger partial charge in [-0.1, -0.05) is 24.3 Å². The average Bonchev–Trinajstić information content (AvgIpc) is 2.78. The first-order chi connectivity index (χ1) is 14.0. The van der Waals surface area contributed by atoms with Crippen molar-refractivity contribution in [2.75, 3.05) is 27.2 Å². The fourth-order valence-electron chi connectivity index (χ4n) is 3.78. The maximum Gasteiger partial charge on any atom is 0.317 e. The molecule has 1 aliphatic heterocycles. The summed E-state index contributed by atoms with van der Waals surface area (Å²) < 4.78 is 5.18. The summed E-state index contributed by atoms with van der Waals surface area (Å²) in [6.45, 7) is 3.41. The summed E-state index contributed by atoms with van der Waals surface area (Å²) in [5, 5.41) is 5.76. The predicted molar refractivity (Wildman–Crippen MR) is 113 cm³/mol. The quantitative estimate of drug-likeness (QED) is 0.811. The van der Waals surface area contributed by atoms with E-state index < -0.39 is 0 Å². The number of nitrogens with one attached hydrogen (secondary N) is 2. The molecule has 0 bridgehead atoms. The molecule has 2 aromatic carbocycles. The Balaban J connectivity index is 1.68. The van der Waals surface area contributed by atoms with Crippen molar-refractivity contribution in [2.45, 2.75) is 31.7 Å². The first-order valence-electron chi connectivity index (χ1n) is 10.0. The normalized spacial score (nSPS) is 17.3. The highest BCUT2D eigenvalue weighted by molar-refractivity contribution is 5.94. The molecule has 2 atom stereocenters. The number of nitrogens with zero attached hydrogens (tertiary/aromatic N) is 1. The molecule has 3 rings (SSSR count). The number of rotatable bonds is 5. The molecule has 29 heavy (non-hydrogen) atoms. The number of carbonyl (C=O) groups excluding carboxylic acids is 2. The van der Waals surface area contributed by atoms with Crippen LogP contribution in [0, 0.1) is 0 Å². The van der Waals surface area contributed by atoms with Gasteiger partial charge in [-0.15, -0.1) is 0 Å². The molecule has 1 fully saturated rings. The van der Waals surface area contributed by atoms with Gasteiger partial charge in [0.25, 0.3) is 5.91 Å². The molecule has 2 aromatic rings. The van der Waals surface area contributed by atoms with E-state index >= 15 is 0 Å². The lowest BCUT2D eigenvalue weighted by Gasteiger charge is -2.32. The molecule has 0 saturated carbocycles. The van der Waals surface area contributed by atoms with Gasteiger partial charge in [-0.05, 0) is 55.2 Å². The van der Waals surface area contributed by atoms with Crippen molar-refractivity contribution in [1.82, 2.24) is 15.5 Å². The summed E-state index contributed by atoms with van der Waals surface area (Å²) in [5.41, 5.74) is 2.76. The molecule has 6 heteroatoms. The van der Waals surface area contributed by atoms with Crippen LogP contribution in [0.4, 0.5) is 4.79 Å². The lowest BCUT2D eigenvalue weighted by Crippen LogP contribution is -2.43. The van der Waals surface area contributed by atoms with Crippen LogP contribution in [-0.4, -0.2) is 44.1 Å². The smallest absolute Gasteiger partial charge is 0.317 e. The van der Waals surface area contributed by atoms with E-state index in [1.165, 1.54) is 0 Å². The third-order valence-corrected chi connectivity index (χ3v) is 5.51. The van der Waals surface area contributed by atoms with Gasteiger partial charge >= 0.3 is 6.03 Å². The van der Waals surface area contributed by atoms with Crippen LogP contribution in [0.5, 0.6) is 5.75 Å². The van der Waals surface area contributed by atoms with Crippen LogP contribution in [0.3, 0.4) is 0 Å². The maximum atomic E-state index is 12.8. The minimum absolute atomic E-state index is 0.0445. The Morgan fingerprint density at radius 3 is 2.62 bits per heavy atom. The molecule has 0 aliphatic carbocycles. The first-order valence-corrected chi connectivity index (χ1v) is 10.0. The van der Waals surface area contributed by atoms with Gasteiger partial charge in [0.15, 0.2) is 0 Å². The second kappa shape index (κ2) is 9.45. The summed E-state index contributed by atoms with van der Waals surface area (Å²) in [6, 6.07) is 15.3. The van der Waals surface area contributed by atoms with Crippen LogP contribution in [0.15, 0.2) is 48.5 Å². The Morgan fingerprint density at radius 1 is 1.17 bits per heavy atom. The predicted octanol–water partition coefficient (Wildman–Crippen LogP) is 3.71. The lowest BCUT2D eigenvalue weighted by molar-refractivity contribution is 0.0939. The monoisotopic (exact) mass is 395 g/mol. The number of methoxy groups -OCH3 is 1. The highest BCUT2D eigenvalue weighted by atomic mass is 16.5. The third kappa shape index (κ3) is 5.08. The molecular formula is C23H29N3O3. The number of carbonyl (C=O) groups is 2. The molecule has 2 N–H and O–H groups in total. The van der Waals surface area contributed by atoms with Crippen molar-refractivity contribution in [2.24, 2.45) is 0 Å². The van der Waals surface area contributed by atoms with Crippen molar-refractivity contribution in [3.05, 3.63) is 65.2 Å². The van der Waals surface area contributed by atoms with Gasteiger partial charge in [0.1, 0.15) is 5.75 Å². The number of amides is 3. The van der Waals surface area contributed by atoms with E-state index in [0.29, 0.717) is 12.1 Å². The second-order valence-electron chi connectivity index (χ2n) is 7.43. The van der Waals surface area contributed by atoms with Gasteiger partial charge in [0, 0.05) is 31.6 Å². The second-order valence-corrected chi connectivity index (χ2v) is 7.43. The molecule has 154 valence electrons. The van der Waals surface area contributed by atoms with Crippen molar-refractivity contribution >= 4 is 11.9 Å². The molecule has 1 saturated heterocycles. The van der Waals surface area contributed by atoms with Crippen LogP contribution in [-0.2, 0) is 0 Å². The van der Waals surface area contributed by atoms with Crippen LogP contribution in [0.2, 0.25) is 0 Å². The molecule has 0 spiro atoms. The van der Waals surface area contributed by atoms with E-state index in [0.717, 1.165) is 36.3 Å². The van der Waals surface area contributed by atoms with Crippen LogP contribution in [0.25, 0.3) is 0 Å². The Labute approximate surface area is 172 Å². The van der Waals surface area contributed by atoms with Gasteiger partial charge in [-0.25, -0.2) is 4.79 Å². The van der Waals surface area contributed by atoms with Crippen molar-refractivity contribution in [3.63, 3.8) is 0 Å². The topological polar surface area (TPSA) is 70.7 Å². The van der Waals surface area contributed by atoms with Crippen molar-refractivity contribution in [1.29, 1.82) is 0 Å². The van der Waals surface area contributed by atoms with Gasteiger partial charge in [0.05, 0.1) is 13.2 Å². The summed E-state index contributed by atoms with van der Waals surface area (Å²) in [7, 11) is 3.29. The Hall–Kier alpha value is -3.02. The zero-order valence-corrected chi connectivity index (χ0v) is 17.3. The minimum Gasteiger partial charge on any atom is -0.497 e. The van der Waals surface area contributed by atoms with Gasteiger partial charge in [-0.2, -0.15) is 0 Å². The fourth-order valence-corrected chi connectivity index (χ4v) is 3.78. The minimum atomic E-state index is -0.115. The zero-order valence-electron chi connectivity index (χ0n) is 17.3. The van der Waals surface area contributed by atoms with E-state index in [1.807, 2.05) is 60.4 Å². The summed E-state index contributed by atoms with van der Waals surface area (Å²) in [6.07, 6.45) is 1.98. The molecule has 1 aliphatic rings. The van der Waals surface area contributed by atoms with Gasteiger partial charge in [0.2, 0.25) is 0 Å². The average molecular weight is 396 g/mol. The van der Waals surface area contributed by atoms with E-state index in [9.17, 15) is 9.59 Å². The SMILES string of the molecule is CNC(=O)N1CCCC(c2cccc(C(=O)NC(C)c3ccc(OC)cc3)c2)C1. The molecule has 3 amide bonds. The summed E-state index contributed by atoms with van der Waals surface area (Å²) in [4.78, 5) is 26.6. The number of hydrogen-bond donors (Lipinski definition) is 2. The van der Waals surface area contributed by atoms with Crippen LogP contribution in [0.1, 0.15) is 53.2 Å². The van der Waals surface area contributed by atoms with E-state index in [2.05, 4.69) is 10.6 Å². The number of ether oxygens (including phenoxy) is 1. The Morgan fingerprint density at radius 2 is 1.93 bits per heavy atom. The maximum absolute atomic E-state index is 12.8. The fraction of sp³-hybridized carbons (Fsp3) is 0.391. The highest BCUT2D eigenvalue weighted by Gasteiger charge is 2.24. The number of hydrogen-bond acceptors (Lipinski definition) is 3. The number of piperidine rings is 1. The number of likely N-dealkylation sites (tertiary alicyclic amines) is 1.